The lowest BCUT2D eigenvalue weighted by Crippen LogP contribution is -2.18. The lowest BCUT2D eigenvalue weighted by Gasteiger charge is -2.19. The summed E-state index contributed by atoms with van der Waals surface area (Å²) in [5, 5.41) is 0. The van der Waals surface area contributed by atoms with E-state index < -0.39 is 6.04 Å². The van der Waals surface area contributed by atoms with Gasteiger partial charge in [-0.15, -0.1) is 0 Å². The molecule has 1 aromatic rings. The topological polar surface area (TPSA) is 80.0 Å². The van der Waals surface area contributed by atoms with E-state index in [9.17, 15) is 4.79 Å². The van der Waals surface area contributed by atoms with Crippen LogP contribution in [0.3, 0.4) is 0 Å². The average molecular weight is 283 g/mol. The summed E-state index contributed by atoms with van der Waals surface area (Å²) in [6.45, 7) is 2.07. The quantitative estimate of drug-likeness (QED) is 0.767. The maximum absolute atomic E-state index is 11.5. The molecule has 0 radical (unpaired) electrons. The van der Waals surface area contributed by atoms with Gasteiger partial charge in [0.2, 0.25) is 0 Å². The Balaban J connectivity index is 3.10. The van der Waals surface area contributed by atoms with E-state index in [4.69, 9.17) is 24.7 Å². The number of hydrogen-bond acceptors (Lipinski definition) is 6. The van der Waals surface area contributed by atoms with Gasteiger partial charge in [-0.2, -0.15) is 0 Å². The molecular weight excluding hydrogens is 262 g/mol. The number of esters is 1. The normalized spacial score (nSPS) is 11.7. The predicted molar refractivity (Wildman–Crippen MR) is 74.3 cm³/mol. The molecule has 2 N–H and O–H groups in total. The van der Waals surface area contributed by atoms with Gasteiger partial charge in [0.1, 0.15) is 17.2 Å². The summed E-state index contributed by atoms with van der Waals surface area (Å²) in [5.41, 5.74) is 6.68. The Kier molecular flexibility index (Phi) is 6.11. The van der Waals surface area contributed by atoms with E-state index in [1.165, 1.54) is 14.2 Å². The molecule has 0 saturated heterocycles. The molecule has 0 saturated carbocycles. The molecule has 1 unspecified atom stereocenters. The number of ether oxygens (including phenoxy) is 4. The Bertz CT molecular complexity index is 436. The van der Waals surface area contributed by atoms with Crippen LogP contribution in [0.5, 0.6) is 17.2 Å². The van der Waals surface area contributed by atoms with Crippen molar-refractivity contribution in [2.75, 3.05) is 27.9 Å². The SMILES string of the molecule is CCOC(=O)CC(N)c1c(OC)cc(OC)cc1OC. The van der Waals surface area contributed by atoms with Crippen LogP contribution in [-0.4, -0.2) is 33.9 Å². The lowest BCUT2D eigenvalue weighted by molar-refractivity contribution is -0.143. The molecule has 1 atom stereocenters. The van der Waals surface area contributed by atoms with Crippen molar-refractivity contribution >= 4 is 5.97 Å². The molecule has 0 spiro atoms. The number of carbonyl (C=O) groups excluding carboxylic acids is 1. The van der Waals surface area contributed by atoms with E-state index in [-0.39, 0.29) is 12.4 Å². The molecule has 20 heavy (non-hydrogen) atoms. The second-order valence-corrected chi connectivity index (χ2v) is 4.06. The molecular formula is C14H21NO5. The molecule has 6 nitrogen and oxygen atoms in total. The van der Waals surface area contributed by atoms with E-state index >= 15 is 0 Å². The van der Waals surface area contributed by atoms with Gasteiger partial charge in [-0.05, 0) is 6.92 Å². The highest BCUT2D eigenvalue weighted by atomic mass is 16.5. The maximum atomic E-state index is 11.5. The van der Waals surface area contributed by atoms with Crippen molar-refractivity contribution in [3.05, 3.63) is 17.7 Å². The fraction of sp³-hybridized carbons (Fsp3) is 0.500. The number of benzene rings is 1. The summed E-state index contributed by atoms with van der Waals surface area (Å²) in [6, 6.07) is 2.82. The highest BCUT2D eigenvalue weighted by molar-refractivity contribution is 5.71. The lowest BCUT2D eigenvalue weighted by atomic mass is 10.0. The monoisotopic (exact) mass is 283 g/mol. The molecule has 1 aromatic carbocycles. The predicted octanol–water partition coefficient (Wildman–Crippen LogP) is 1.67. The molecule has 0 amide bonds. The highest BCUT2D eigenvalue weighted by Crippen LogP contribution is 2.38. The third-order valence-corrected chi connectivity index (χ3v) is 2.82. The largest absolute Gasteiger partial charge is 0.496 e. The second kappa shape index (κ2) is 7.59. The Labute approximate surface area is 118 Å². The molecule has 6 heteroatoms. The highest BCUT2D eigenvalue weighted by Gasteiger charge is 2.22. The van der Waals surface area contributed by atoms with Crippen LogP contribution in [-0.2, 0) is 9.53 Å². The molecule has 1 rings (SSSR count). The summed E-state index contributed by atoms with van der Waals surface area (Å²) in [6.07, 6.45) is 0.0485. The van der Waals surface area contributed by atoms with E-state index in [0.717, 1.165) is 0 Å². The van der Waals surface area contributed by atoms with Gasteiger partial charge >= 0.3 is 5.97 Å². The van der Waals surface area contributed by atoms with Crippen molar-refractivity contribution in [3.8, 4) is 17.2 Å². The molecule has 0 bridgehead atoms. The van der Waals surface area contributed by atoms with Crippen LogP contribution < -0.4 is 19.9 Å². The Hall–Kier alpha value is -1.95. The van der Waals surface area contributed by atoms with Gasteiger partial charge in [-0.1, -0.05) is 0 Å². The number of rotatable bonds is 7. The van der Waals surface area contributed by atoms with E-state index in [1.54, 1.807) is 26.2 Å². The van der Waals surface area contributed by atoms with Crippen LogP contribution in [0.25, 0.3) is 0 Å². The van der Waals surface area contributed by atoms with Crippen molar-refractivity contribution in [1.82, 2.24) is 0 Å². The minimum atomic E-state index is -0.579. The fourth-order valence-corrected chi connectivity index (χ4v) is 1.90. The summed E-state index contributed by atoms with van der Waals surface area (Å²) in [7, 11) is 4.59. The number of hydrogen-bond donors (Lipinski definition) is 1. The van der Waals surface area contributed by atoms with Gasteiger partial charge < -0.3 is 24.7 Å². The molecule has 0 heterocycles. The van der Waals surface area contributed by atoms with Gasteiger partial charge in [-0.25, -0.2) is 0 Å². The van der Waals surface area contributed by atoms with Crippen LogP contribution in [0.15, 0.2) is 12.1 Å². The van der Waals surface area contributed by atoms with Crippen LogP contribution in [0.2, 0.25) is 0 Å². The van der Waals surface area contributed by atoms with E-state index in [1.807, 2.05) is 0 Å². The third kappa shape index (κ3) is 3.77. The van der Waals surface area contributed by atoms with Crippen LogP contribution >= 0.6 is 0 Å². The summed E-state index contributed by atoms with van der Waals surface area (Å²) in [5.74, 6) is 1.25. The Morgan fingerprint density at radius 3 is 2.10 bits per heavy atom. The zero-order valence-electron chi connectivity index (χ0n) is 12.3. The van der Waals surface area contributed by atoms with Crippen LogP contribution in [0.4, 0.5) is 0 Å². The molecule has 112 valence electrons. The Morgan fingerprint density at radius 2 is 1.70 bits per heavy atom. The number of methoxy groups -OCH3 is 3. The van der Waals surface area contributed by atoms with Crippen LogP contribution in [0.1, 0.15) is 24.9 Å². The number of carbonyl (C=O) groups is 1. The van der Waals surface area contributed by atoms with Gasteiger partial charge in [0.05, 0.1) is 39.9 Å². The first kappa shape index (κ1) is 16.1. The fourth-order valence-electron chi connectivity index (χ4n) is 1.90. The van der Waals surface area contributed by atoms with Gasteiger partial charge in [0.25, 0.3) is 0 Å². The minimum absolute atomic E-state index is 0.0485. The molecule has 0 aromatic heterocycles. The van der Waals surface area contributed by atoms with Crippen molar-refractivity contribution in [3.63, 3.8) is 0 Å². The minimum Gasteiger partial charge on any atom is -0.496 e. The molecule has 0 aliphatic rings. The summed E-state index contributed by atoms with van der Waals surface area (Å²) in [4.78, 5) is 11.5. The second-order valence-electron chi connectivity index (χ2n) is 4.06. The van der Waals surface area contributed by atoms with Gasteiger partial charge in [0.15, 0.2) is 0 Å². The van der Waals surface area contributed by atoms with Crippen LogP contribution in [0, 0.1) is 0 Å². The molecule has 0 fully saturated rings. The van der Waals surface area contributed by atoms with Crippen molar-refractivity contribution < 1.29 is 23.7 Å². The first-order chi connectivity index (χ1) is 9.57. The number of nitrogens with two attached hydrogens (primary N) is 1. The van der Waals surface area contributed by atoms with Crippen molar-refractivity contribution in [2.45, 2.75) is 19.4 Å². The third-order valence-electron chi connectivity index (χ3n) is 2.82. The van der Waals surface area contributed by atoms with Gasteiger partial charge in [-0.3, -0.25) is 4.79 Å². The summed E-state index contributed by atoms with van der Waals surface area (Å²) < 4.78 is 20.7. The maximum Gasteiger partial charge on any atom is 0.307 e. The zero-order chi connectivity index (χ0) is 15.1. The first-order valence-corrected chi connectivity index (χ1v) is 6.28. The average Bonchev–Trinajstić information content (AvgIpc) is 2.45. The standard InChI is InChI=1S/C14H21NO5/c1-5-20-13(16)8-10(15)14-11(18-3)6-9(17-2)7-12(14)19-4/h6-7,10H,5,8,15H2,1-4H3. The first-order valence-electron chi connectivity index (χ1n) is 6.28. The van der Waals surface area contributed by atoms with Crippen molar-refractivity contribution in [2.24, 2.45) is 5.73 Å². The van der Waals surface area contributed by atoms with Gasteiger partial charge in [0, 0.05) is 18.2 Å². The van der Waals surface area contributed by atoms with E-state index in [0.29, 0.717) is 29.4 Å². The zero-order valence-corrected chi connectivity index (χ0v) is 12.3. The smallest absolute Gasteiger partial charge is 0.307 e. The Morgan fingerprint density at radius 1 is 1.15 bits per heavy atom. The van der Waals surface area contributed by atoms with E-state index in [2.05, 4.69) is 0 Å². The molecule has 0 aliphatic carbocycles. The molecule has 0 aliphatic heterocycles. The summed E-state index contributed by atoms with van der Waals surface area (Å²) >= 11 is 0. The van der Waals surface area contributed by atoms with Crippen molar-refractivity contribution in [1.29, 1.82) is 0 Å².